The number of hydrogen-bond donors (Lipinski definition) is 1. The topological polar surface area (TPSA) is 66.8 Å². The lowest BCUT2D eigenvalue weighted by Gasteiger charge is -2.22. The van der Waals surface area contributed by atoms with Crippen LogP contribution in [-0.2, 0) is 16.0 Å². The fraction of sp³-hybridized carbons (Fsp3) is 0.172. The van der Waals surface area contributed by atoms with Gasteiger partial charge in [-0.25, -0.2) is 4.79 Å². The molecule has 4 aromatic carbocycles. The van der Waals surface area contributed by atoms with E-state index in [-0.39, 0.29) is 19.1 Å². The normalized spacial score (nSPS) is 12.2. The van der Waals surface area contributed by atoms with E-state index < -0.39 is 18.6 Å². The van der Waals surface area contributed by atoms with Crippen LogP contribution in [0.25, 0.3) is 21.9 Å². The van der Waals surface area contributed by atoms with Crippen molar-refractivity contribution < 1.29 is 19.4 Å². The van der Waals surface area contributed by atoms with Crippen molar-refractivity contribution >= 4 is 22.8 Å². The third kappa shape index (κ3) is 4.37. The molecule has 0 heterocycles. The van der Waals surface area contributed by atoms with Gasteiger partial charge in [0.2, 0.25) is 0 Å². The van der Waals surface area contributed by atoms with Crippen molar-refractivity contribution in [3.63, 3.8) is 0 Å². The Bertz CT molecular complexity index is 1320. The minimum Gasteiger partial charge on any atom is -0.480 e. The average molecular weight is 452 g/mol. The second kappa shape index (κ2) is 9.40. The Labute approximate surface area is 198 Å². The van der Waals surface area contributed by atoms with Gasteiger partial charge in [0.25, 0.3) is 0 Å². The molecule has 0 unspecified atom stereocenters. The van der Waals surface area contributed by atoms with E-state index in [0.29, 0.717) is 6.42 Å². The predicted molar refractivity (Wildman–Crippen MR) is 132 cm³/mol. The molecule has 34 heavy (non-hydrogen) atoms. The molecule has 1 amide bonds. The second-order valence-corrected chi connectivity index (χ2v) is 8.55. The van der Waals surface area contributed by atoms with Crippen molar-refractivity contribution in [1.29, 1.82) is 0 Å². The van der Waals surface area contributed by atoms with Crippen LogP contribution in [-0.4, -0.2) is 41.8 Å². The van der Waals surface area contributed by atoms with E-state index in [9.17, 15) is 14.7 Å². The van der Waals surface area contributed by atoms with Crippen LogP contribution in [0.3, 0.4) is 0 Å². The second-order valence-electron chi connectivity index (χ2n) is 8.55. The standard InChI is InChI=1S/C29H25NO4/c31-28(32)18-30(16-15-20-13-14-21-7-1-2-8-22(21)17-20)29(33)34-19-27-25-11-5-3-9-23(25)24-10-4-6-12-26(24)27/h1-14,17,27H,15-16,18-19H2,(H,31,32). The summed E-state index contributed by atoms with van der Waals surface area (Å²) in [6.07, 6.45) is -0.0625. The van der Waals surface area contributed by atoms with Crippen molar-refractivity contribution in [1.82, 2.24) is 4.90 Å². The molecular formula is C29H25NO4. The lowest BCUT2D eigenvalue weighted by atomic mass is 9.98. The van der Waals surface area contributed by atoms with Crippen molar-refractivity contribution in [2.75, 3.05) is 19.7 Å². The summed E-state index contributed by atoms with van der Waals surface area (Å²) in [5.74, 6) is -1.13. The monoisotopic (exact) mass is 451 g/mol. The molecule has 0 atom stereocenters. The quantitative estimate of drug-likeness (QED) is 0.390. The maximum Gasteiger partial charge on any atom is 0.410 e. The Morgan fingerprint density at radius 3 is 2.09 bits per heavy atom. The van der Waals surface area contributed by atoms with Gasteiger partial charge in [0.05, 0.1) is 0 Å². The first-order valence-electron chi connectivity index (χ1n) is 11.4. The van der Waals surface area contributed by atoms with Gasteiger partial charge in [0.1, 0.15) is 13.2 Å². The maximum atomic E-state index is 12.9. The van der Waals surface area contributed by atoms with Gasteiger partial charge in [0, 0.05) is 12.5 Å². The lowest BCUT2D eigenvalue weighted by Crippen LogP contribution is -2.38. The van der Waals surface area contributed by atoms with Gasteiger partial charge in [-0.05, 0) is 45.0 Å². The van der Waals surface area contributed by atoms with Crippen LogP contribution in [0.15, 0.2) is 91.0 Å². The zero-order valence-electron chi connectivity index (χ0n) is 18.7. The van der Waals surface area contributed by atoms with Crippen molar-refractivity contribution in [3.8, 4) is 11.1 Å². The first kappa shape index (κ1) is 21.7. The van der Waals surface area contributed by atoms with E-state index in [4.69, 9.17) is 4.74 Å². The molecule has 0 aromatic heterocycles. The van der Waals surface area contributed by atoms with Crippen LogP contribution < -0.4 is 0 Å². The first-order chi connectivity index (χ1) is 16.6. The highest BCUT2D eigenvalue weighted by Crippen LogP contribution is 2.44. The number of carboxylic acids is 1. The molecule has 0 radical (unpaired) electrons. The third-order valence-corrected chi connectivity index (χ3v) is 6.40. The molecule has 5 rings (SSSR count). The smallest absolute Gasteiger partial charge is 0.410 e. The molecule has 1 N–H and O–H groups in total. The number of nitrogens with zero attached hydrogens (tertiary/aromatic N) is 1. The van der Waals surface area contributed by atoms with Crippen LogP contribution >= 0.6 is 0 Å². The number of carbonyl (C=O) groups is 2. The summed E-state index contributed by atoms with van der Waals surface area (Å²) in [5.41, 5.74) is 5.59. The molecule has 0 bridgehead atoms. The van der Waals surface area contributed by atoms with Gasteiger partial charge in [-0.15, -0.1) is 0 Å². The highest BCUT2D eigenvalue weighted by Gasteiger charge is 2.30. The highest BCUT2D eigenvalue weighted by atomic mass is 16.6. The Hall–Kier alpha value is -4.12. The number of rotatable bonds is 7. The summed E-state index contributed by atoms with van der Waals surface area (Å²) in [7, 11) is 0. The Kier molecular flexibility index (Phi) is 6.00. The van der Waals surface area contributed by atoms with Crippen LogP contribution in [0.4, 0.5) is 4.79 Å². The van der Waals surface area contributed by atoms with E-state index >= 15 is 0 Å². The molecule has 4 aromatic rings. The Morgan fingerprint density at radius 2 is 1.41 bits per heavy atom. The number of benzene rings is 4. The molecule has 0 saturated heterocycles. The number of ether oxygens (including phenoxy) is 1. The van der Waals surface area contributed by atoms with Gasteiger partial charge in [-0.3, -0.25) is 9.69 Å². The summed E-state index contributed by atoms with van der Waals surface area (Å²) < 4.78 is 5.69. The van der Waals surface area contributed by atoms with E-state index in [0.717, 1.165) is 38.6 Å². The van der Waals surface area contributed by atoms with Crippen molar-refractivity contribution in [2.45, 2.75) is 12.3 Å². The number of aliphatic carboxylic acids is 1. The molecular weight excluding hydrogens is 426 g/mol. The maximum absolute atomic E-state index is 12.9. The molecule has 5 nitrogen and oxygen atoms in total. The number of carbonyl (C=O) groups excluding carboxylic acids is 1. The van der Waals surface area contributed by atoms with Gasteiger partial charge in [-0.1, -0.05) is 91.0 Å². The van der Waals surface area contributed by atoms with Gasteiger partial charge in [-0.2, -0.15) is 0 Å². The van der Waals surface area contributed by atoms with Gasteiger partial charge < -0.3 is 9.84 Å². The lowest BCUT2D eigenvalue weighted by molar-refractivity contribution is -0.138. The van der Waals surface area contributed by atoms with Crippen LogP contribution in [0.2, 0.25) is 0 Å². The summed E-state index contributed by atoms with van der Waals surface area (Å²) in [4.78, 5) is 25.6. The fourth-order valence-corrected chi connectivity index (χ4v) is 4.74. The van der Waals surface area contributed by atoms with Crippen molar-refractivity contribution in [2.24, 2.45) is 0 Å². The Balaban J connectivity index is 1.28. The van der Waals surface area contributed by atoms with E-state index in [2.05, 4.69) is 30.3 Å². The number of hydrogen-bond acceptors (Lipinski definition) is 3. The minimum atomic E-state index is -1.06. The summed E-state index contributed by atoms with van der Waals surface area (Å²) in [6, 6.07) is 30.5. The predicted octanol–water partition coefficient (Wildman–Crippen LogP) is 5.72. The fourth-order valence-electron chi connectivity index (χ4n) is 4.74. The molecule has 5 heteroatoms. The van der Waals surface area contributed by atoms with Crippen LogP contribution in [0, 0.1) is 0 Å². The summed E-state index contributed by atoms with van der Waals surface area (Å²) >= 11 is 0. The molecule has 0 fully saturated rings. The van der Waals surface area contributed by atoms with E-state index in [1.165, 1.54) is 4.90 Å². The SMILES string of the molecule is O=C(O)CN(CCc1ccc2ccccc2c1)C(=O)OCC1c2ccccc2-c2ccccc21. The molecule has 0 saturated carbocycles. The zero-order chi connectivity index (χ0) is 23.5. The molecule has 1 aliphatic carbocycles. The van der Waals surface area contributed by atoms with Crippen LogP contribution in [0.5, 0.6) is 0 Å². The molecule has 0 aliphatic heterocycles. The first-order valence-corrected chi connectivity index (χ1v) is 11.4. The van der Waals surface area contributed by atoms with Gasteiger partial charge >= 0.3 is 12.1 Å². The largest absolute Gasteiger partial charge is 0.480 e. The zero-order valence-corrected chi connectivity index (χ0v) is 18.7. The number of carboxylic acid groups (broad SMARTS) is 1. The van der Waals surface area contributed by atoms with Gasteiger partial charge in [0.15, 0.2) is 0 Å². The van der Waals surface area contributed by atoms with Crippen LogP contribution in [0.1, 0.15) is 22.6 Å². The number of amides is 1. The molecule has 1 aliphatic rings. The Morgan fingerprint density at radius 1 is 0.794 bits per heavy atom. The molecule has 170 valence electrons. The van der Waals surface area contributed by atoms with E-state index in [1.54, 1.807) is 0 Å². The average Bonchev–Trinajstić information content (AvgIpc) is 3.18. The third-order valence-electron chi connectivity index (χ3n) is 6.40. The highest BCUT2D eigenvalue weighted by molar-refractivity contribution is 5.83. The number of fused-ring (bicyclic) bond motifs is 4. The van der Waals surface area contributed by atoms with E-state index in [1.807, 2.05) is 60.7 Å². The molecule has 0 spiro atoms. The minimum absolute atomic E-state index is 0.0662. The summed E-state index contributed by atoms with van der Waals surface area (Å²) in [6.45, 7) is 0.0323. The van der Waals surface area contributed by atoms with Crippen molar-refractivity contribution in [3.05, 3.63) is 108 Å². The summed E-state index contributed by atoms with van der Waals surface area (Å²) in [5, 5.41) is 11.6.